The van der Waals surface area contributed by atoms with Crippen LogP contribution >= 0.6 is 11.3 Å². The van der Waals surface area contributed by atoms with Crippen molar-refractivity contribution in [1.29, 1.82) is 0 Å². The molecule has 3 nitrogen and oxygen atoms in total. The monoisotopic (exact) mass is 276 g/mol. The van der Waals surface area contributed by atoms with Gasteiger partial charge in [-0.25, -0.2) is 4.98 Å². The zero-order valence-electron chi connectivity index (χ0n) is 11.2. The summed E-state index contributed by atoms with van der Waals surface area (Å²) in [7, 11) is 1.73. The lowest BCUT2D eigenvalue weighted by atomic mass is 10.1. The van der Waals surface area contributed by atoms with E-state index in [-0.39, 0.29) is 0 Å². The van der Waals surface area contributed by atoms with E-state index in [4.69, 9.17) is 4.74 Å². The van der Waals surface area contributed by atoms with Gasteiger partial charge < -0.3 is 10.1 Å². The molecule has 2 rings (SSSR count). The Balaban J connectivity index is 1.90. The molecule has 1 atom stereocenters. The molecule has 1 aromatic heterocycles. The van der Waals surface area contributed by atoms with Crippen LogP contribution in [0.25, 0.3) is 0 Å². The van der Waals surface area contributed by atoms with Gasteiger partial charge in [-0.2, -0.15) is 0 Å². The van der Waals surface area contributed by atoms with Gasteiger partial charge in [0.25, 0.3) is 0 Å². The lowest BCUT2D eigenvalue weighted by Crippen LogP contribution is -2.25. The number of methoxy groups -OCH3 is 1. The third-order valence-corrected chi connectivity index (χ3v) is 3.90. The maximum absolute atomic E-state index is 5.09. The lowest BCUT2D eigenvalue weighted by molar-refractivity contribution is 0.195. The molecule has 0 aliphatic rings. The fourth-order valence-electron chi connectivity index (χ4n) is 2.01. The minimum atomic E-state index is 0.315. The van der Waals surface area contributed by atoms with E-state index in [1.54, 1.807) is 18.4 Å². The number of hydrogen-bond donors (Lipinski definition) is 1. The number of aromatic nitrogens is 1. The molecule has 19 heavy (non-hydrogen) atoms. The summed E-state index contributed by atoms with van der Waals surface area (Å²) in [5.74, 6) is 0. The standard InChI is InChI=1S/C15H20N2OS/c1-18-11-9-16-14(15-17-10-12-19-15)8-7-13-5-3-2-4-6-13/h2-6,10,12,14,16H,7-9,11H2,1H3. The molecule has 0 saturated heterocycles. The number of nitrogens with one attached hydrogen (secondary N) is 1. The lowest BCUT2D eigenvalue weighted by Gasteiger charge is -2.16. The van der Waals surface area contributed by atoms with E-state index >= 15 is 0 Å². The first-order valence-corrected chi connectivity index (χ1v) is 7.43. The molecule has 0 aliphatic heterocycles. The van der Waals surface area contributed by atoms with Crippen LogP contribution < -0.4 is 5.32 Å². The molecular weight excluding hydrogens is 256 g/mol. The molecule has 1 aromatic carbocycles. The van der Waals surface area contributed by atoms with Gasteiger partial charge in [0.05, 0.1) is 12.6 Å². The fraction of sp³-hybridized carbons (Fsp3) is 0.400. The molecule has 1 N–H and O–H groups in total. The van der Waals surface area contributed by atoms with Crippen LogP contribution in [0.1, 0.15) is 23.0 Å². The van der Waals surface area contributed by atoms with Crippen LogP contribution in [-0.4, -0.2) is 25.2 Å². The molecule has 0 amide bonds. The van der Waals surface area contributed by atoms with Crippen molar-refractivity contribution in [3.63, 3.8) is 0 Å². The number of hydrogen-bond acceptors (Lipinski definition) is 4. The van der Waals surface area contributed by atoms with Crippen molar-refractivity contribution in [1.82, 2.24) is 10.3 Å². The van der Waals surface area contributed by atoms with Gasteiger partial charge in [0.1, 0.15) is 5.01 Å². The van der Waals surface area contributed by atoms with Gasteiger partial charge in [0, 0.05) is 25.2 Å². The number of aryl methyl sites for hydroxylation is 1. The van der Waals surface area contributed by atoms with Crippen molar-refractivity contribution in [2.24, 2.45) is 0 Å². The van der Waals surface area contributed by atoms with Crippen molar-refractivity contribution < 1.29 is 4.74 Å². The summed E-state index contributed by atoms with van der Waals surface area (Å²) in [5.41, 5.74) is 1.37. The quantitative estimate of drug-likeness (QED) is 0.752. The zero-order chi connectivity index (χ0) is 13.3. The Morgan fingerprint density at radius 2 is 2.16 bits per heavy atom. The minimum Gasteiger partial charge on any atom is -0.383 e. The van der Waals surface area contributed by atoms with E-state index < -0.39 is 0 Å². The second kappa shape index (κ2) is 8.04. The highest BCUT2D eigenvalue weighted by molar-refractivity contribution is 7.09. The van der Waals surface area contributed by atoms with E-state index in [1.165, 1.54) is 5.56 Å². The molecule has 2 aromatic rings. The van der Waals surface area contributed by atoms with Gasteiger partial charge in [-0.3, -0.25) is 0 Å². The van der Waals surface area contributed by atoms with Gasteiger partial charge in [-0.05, 0) is 18.4 Å². The molecule has 1 unspecified atom stereocenters. The second-order valence-electron chi connectivity index (χ2n) is 4.39. The van der Waals surface area contributed by atoms with E-state index in [2.05, 4.69) is 40.6 Å². The predicted octanol–water partition coefficient (Wildman–Crippen LogP) is 3.05. The first kappa shape index (κ1) is 14.2. The largest absolute Gasteiger partial charge is 0.383 e. The molecule has 102 valence electrons. The topological polar surface area (TPSA) is 34.1 Å². The smallest absolute Gasteiger partial charge is 0.109 e. The summed E-state index contributed by atoms with van der Waals surface area (Å²) < 4.78 is 5.09. The highest BCUT2D eigenvalue weighted by Crippen LogP contribution is 2.21. The molecule has 0 bridgehead atoms. The maximum atomic E-state index is 5.09. The molecular formula is C15H20N2OS. The molecule has 1 heterocycles. The van der Waals surface area contributed by atoms with Gasteiger partial charge >= 0.3 is 0 Å². The second-order valence-corrected chi connectivity index (χ2v) is 5.32. The summed E-state index contributed by atoms with van der Waals surface area (Å²) >= 11 is 1.71. The number of nitrogens with zero attached hydrogens (tertiary/aromatic N) is 1. The summed E-state index contributed by atoms with van der Waals surface area (Å²) in [6.45, 7) is 1.59. The molecule has 0 radical (unpaired) electrons. The maximum Gasteiger partial charge on any atom is 0.109 e. The first-order chi connectivity index (χ1) is 9.40. The Morgan fingerprint density at radius 1 is 1.32 bits per heavy atom. The summed E-state index contributed by atoms with van der Waals surface area (Å²) in [6, 6.07) is 10.9. The Hall–Kier alpha value is -1.23. The Bertz CT molecular complexity index is 444. The Kier molecular flexibility index (Phi) is 6.01. The van der Waals surface area contributed by atoms with Crippen LogP contribution in [0.5, 0.6) is 0 Å². The number of benzene rings is 1. The predicted molar refractivity (Wildman–Crippen MR) is 79.5 cm³/mol. The van der Waals surface area contributed by atoms with Crippen LogP contribution in [0.3, 0.4) is 0 Å². The van der Waals surface area contributed by atoms with Gasteiger partial charge in [0.2, 0.25) is 0 Å². The van der Waals surface area contributed by atoms with Gasteiger partial charge in [0.15, 0.2) is 0 Å². The third kappa shape index (κ3) is 4.74. The number of ether oxygens (including phenoxy) is 1. The van der Waals surface area contributed by atoms with Crippen molar-refractivity contribution >= 4 is 11.3 Å². The van der Waals surface area contributed by atoms with E-state index in [0.717, 1.165) is 31.0 Å². The van der Waals surface area contributed by atoms with Crippen molar-refractivity contribution in [3.05, 3.63) is 52.5 Å². The normalized spacial score (nSPS) is 12.5. The van der Waals surface area contributed by atoms with Crippen LogP contribution in [0.4, 0.5) is 0 Å². The van der Waals surface area contributed by atoms with Crippen molar-refractivity contribution in [3.8, 4) is 0 Å². The third-order valence-electron chi connectivity index (χ3n) is 3.01. The van der Waals surface area contributed by atoms with E-state index in [0.29, 0.717) is 6.04 Å². The van der Waals surface area contributed by atoms with Crippen LogP contribution in [0.2, 0.25) is 0 Å². The van der Waals surface area contributed by atoms with Gasteiger partial charge in [-0.1, -0.05) is 30.3 Å². The van der Waals surface area contributed by atoms with Crippen LogP contribution in [0, 0.1) is 0 Å². The number of rotatable bonds is 8. The molecule has 0 spiro atoms. The fourth-order valence-corrected chi connectivity index (χ4v) is 2.76. The SMILES string of the molecule is COCCNC(CCc1ccccc1)c1nccs1. The molecule has 4 heteroatoms. The highest BCUT2D eigenvalue weighted by atomic mass is 32.1. The molecule has 0 aliphatic carbocycles. The minimum absolute atomic E-state index is 0.315. The van der Waals surface area contributed by atoms with Crippen LogP contribution in [-0.2, 0) is 11.2 Å². The summed E-state index contributed by atoms with van der Waals surface area (Å²) in [5, 5.41) is 6.71. The summed E-state index contributed by atoms with van der Waals surface area (Å²) in [4.78, 5) is 4.42. The Morgan fingerprint density at radius 3 is 2.84 bits per heavy atom. The average Bonchev–Trinajstić information content (AvgIpc) is 2.98. The van der Waals surface area contributed by atoms with E-state index in [1.807, 2.05) is 11.6 Å². The average molecular weight is 276 g/mol. The highest BCUT2D eigenvalue weighted by Gasteiger charge is 2.13. The van der Waals surface area contributed by atoms with Crippen molar-refractivity contribution in [2.75, 3.05) is 20.3 Å². The van der Waals surface area contributed by atoms with E-state index in [9.17, 15) is 0 Å². The summed E-state index contributed by atoms with van der Waals surface area (Å²) in [6.07, 6.45) is 3.99. The van der Waals surface area contributed by atoms with Gasteiger partial charge in [-0.15, -0.1) is 11.3 Å². The molecule has 0 fully saturated rings. The number of thiazole rings is 1. The van der Waals surface area contributed by atoms with Crippen molar-refractivity contribution in [2.45, 2.75) is 18.9 Å². The Labute approximate surface area is 118 Å². The molecule has 0 saturated carbocycles. The van der Waals surface area contributed by atoms with Crippen LogP contribution in [0.15, 0.2) is 41.9 Å². The first-order valence-electron chi connectivity index (χ1n) is 6.56. The zero-order valence-corrected chi connectivity index (χ0v) is 12.0.